The number of amides is 1. The number of halogens is 1. The highest BCUT2D eigenvalue weighted by atomic mass is 35.5. The predicted octanol–water partition coefficient (Wildman–Crippen LogP) is 3.72. The van der Waals surface area contributed by atoms with E-state index in [0.717, 1.165) is 18.4 Å². The van der Waals surface area contributed by atoms with E-state index < -0.39 is 6.10 Å². The molecule has 1 aromatic carbocycles. The smallest absolute Gasteiger partial charge is 0.260 e. The van der Waals surface area contributed by atoms with Crippen LogP contribution in [0, 0.1) is 6.92 Å². The summed E-state index contributed by atoms with van der Waals surface area (Å²) in [6.45, 7) is 7.79. The third kappa shape index (κ3) is 4.75. The summed E-state index contributed by atoms with van der Waals surface area (Å²) in [5.74, 6) is 0.445. The van der Waals surface area contributed by atoms with Crippen molar-refractivity contribution in [3.05, 3.63) is 28.8 Å². The molecule has 1 N–H and O–H groups in total. The number of nitrogens with one attached hydrogen (secondary N) is 1. The highest BCUT2D eigenvalue weighted by Crippen LogP contribution is 2.26. The van der Waals surface area contributed by atoms with E-state index in [1.165, 1.54) is 0 Å². The van der Waals surface area contributed by atoms with E-state index in [1.807, 2.05) is 19.1 Å². The van der Waals surface area contributed by atoms with Gasteiger partial charge < -0.3 is 10.1 Å². The van der Waals surface area contributed by atoms with Crippen molar-refractivity contribution in [2.75, 3.05) is 0 Å². The Balaban J connectivity index is 2.65. The van der Waals surface area contributed by atoms with E-state index in [2.05, 4.69) is 19.2 Å². The van der Waals surface area contributed by atoms with Crippen LogP contribution in [0.25, 0.3) is 0 Å². The van der Waals surface area contributed by atoms with E-state index in [0.29, 0.717) is 10.8 Å². The molecule has 3 nitrogen and oxygen atoms in total. The first-order valence-corrected chi connectivity index (χ1v) is 7.08. The van der Waals surface area contributed by atoms with E-state index >= 15 is 0 Å². The second kappa shape index (κ2) is 7.39. The summed E-state index contributed by atoms with van der Waals surface area (Å²) in [4.78, 5) is 12.0. The van der Waals surface area contributed by atoms with Gasteiger partial charge in [0.05, 0.1) is 5.02 Å². The lowest BCUT2D eigenvalue weighted by atomic mass is 10.1. The van der Waals surface area contributed by atoms with Crippen LogP contribution in [-0.4, -0.2) is 18.1 Å². The Bertz CT molecular complexity index is 430. The van der Waals surface area contributed by atoms with Crippen molar-refractivity contribution >= 4 is 17.5 Å². The van der Waals surface area contributed by atoms with E-state index in [4.69, 9.17) is 16.3 Å². The molecule has 0 bridgehead atoms. The van der Waals surface area contributed by atoms with E-state index in [9.17, 15) is 4.79 Å². The number of rotatable bonds is 6. The Hall–Kier alpha value is -1.22. The van der Waals surface area contributed by atoms with Gasteiger partial charge in [-0.3, -0.25) is 4.79 Å². The molecule has 1 atom stereocenters. The zero-order valence-electron chi connectivity index (χ0n) is 12.0. The third-order valence-corrected chi connectivity index (χ3v) is 3.40. The van der Waals surface area contributed by atoms with Crippen molar-refractivity contribution in [1.82, 2.24) is 5.32 Å². The van der Waals surface area contributed by atoms with Gasteiger partial charge in [0.15, 0.2) is 6.10 Å². The topological polar surface area (TPSA) is 38.3 Å². The molecule has 0 aliphatic carbocycles. The van der Waals surface area contributed by atoms with Crippen molar-refractivity contribution < 1.29 is 9.53 Å². The first-order valence-electron chi connectivity index (χ1n) is 6.71. The molecule has 1 unspecified atom stereocenters. The first-order chi connectivity index (χ1) is 8.97. The van der Waals surface area contributed by atoms with Gasteiger partial charge in [0.1, 0.15) is 5.75 Å². The fourth-order valence-electron chi connectivity index (χ4n) is 1.76. The SMILES string of the molecule is CCC(CC)NC(=O)C(C)Oc1cc(C)ccc1Cl. The van der Waals surface area contributed by atoms with Gasteiger partial charge in [0.25, 0.3) is 5.91 Å². The summed E-state index contributed by atoms with van der Waals surface area (Å²) in [7, 11) is 0. The molecule has 4 heteroatoms. The van der Waals surface area contributed by atoms with Gasteiger partial charge in [0.2, 0.25) is 0 Å². The molecule has 0 saturated heterocycles. The lowest BCUT2D eigenvalue weighted by Crippen LogP contribution is -2.42. The minimum absolute atomic E-state index is 0.105. The normalized spacial score (nSPS) is 12.3. The fraction of sp³-hybridized carbons (Fsp3) is 0.533. The molecule has 0 aromatic heterocycles. The summed E-state index contributed by atoms with van der Waals surface area (Å²) < 4.78 is 5.63. The maximum absolute atomic E-state index is 12.0. The molecule has 0 fully saturated rings. The van der Waals surface area contributed by atoms with Gasteiger partial charge in [-0.15, -0.1) is 0 Å². The Morgan fingerprint density at radius 3 is 2.58 bits per heavy atom. The van der Waals surface area contributed by atoms with E-state index in [-0.39, 0.29) is 11.9 Å². The molecule has 106 valence electrons. The van der Waals surface area contributed by atoms with Gasteiger partial charge in [-0.1, -0.05) is 31.5 Å². The molecule has 19 heavy (non-hydrogen) atoms. The van der Waals surface area contributed by atoms with Gasteiger partial charge in [0, 0.05) is 6.04 Å². The van der Waals surface area contributed by atoms with Gasteiger partial charge in [-0.25, -0.2) is 0 Å². The van der Waals surface area contributed by atoms with Gasteiger partial charge in [-0.05, 0) is 44.4 Å². The van der Waals surface area contributed by atoms with Crippen LogP contribution in [-0.2, 0) is 4.79 Å². The largest absolute Gasteiger partial charge is 0.479 e. The van der Waals surface area contributed by atoms with Crippen LogP contribution in [0.5, 0.6) is 5.75 Å². The lowest BCUT2D eigenvalue weighted by Gasteiger charge is -2.20. The predicted molar refractivity (Wildman–Crippen MR) is 78.8 cm³/mol. The number of benzene rings is 1. The Morgan fingerprint density at radius 1 is 1.37 bits per heavy atom. The maximum atomic E-state index is 12.0. The molecular formula is C15H22ClNO2. The number of hydrogen-bond acceptors (Lipinski definition) is 2. The molecule has 0 aliphatic heterocycles. The highest BCUT2D eigenvalue weighted by Gasteiger charge is 2.18. The van der Waals surface area contributed by atoms with Crippen molar-refractivity contribution in [2.45, 2.75) is 52.7 Å². The number of carbonyl (C=O) groups excluding carboxylic acids is 1. The summed E-state index contributed by atoms with van der Waals surface area (Å²) in [6.07, 6.45) is 1.28. The van der Waals surface area contributed by atoms with Crippen LogP contribution in [0.1, 0.15) is 39.2 Å². The Labute approximate surface area is 120 Å². The van der Waals surface area contributed by atoms with Crippen molar-refractivity contribution in [1.29, 1.82) is 0 Å². The summed E-state index contributed by atoms with van der Waals surface area (Å²) in [5, 5.41) is 3.48. The number of aryl methyl sites for hydroxylation is 1. The minimum Gasteiger partial charge on any atom is -0.479 e. The van der Waals surface area contributed by atoms with Crippen LogP contribution < -0.4 is 10.1 Å². The number of carbonyl (C=O) groups is 1. The summed E-state index contributed by atoms with van der Waals surface area (Å²) in [5.41, 5.74) is 1.05. The average molecular weight is 284 g/mol. The van der Waals surface area contributed by atoms with Crippen LogP contribution >= 0.6 is 11.6 Å². The third-order valence-electron chi connectivity index (χ3n) is 3.09. The van der Waals surface area contributed by atoms with Crippen molar-refractivity contribution in [3.8, 4) is 5.75 Å². The molecule has 0 heterocycles. The Kier molecular flexibility index (Phi) is 6.16. The maximum Gasteiger partial charge on any atom is 0.260 e. The quantitative estimate of drug-likeness (QED) is 0.864. The van der Waals surface area contributed by atoms with Crippen LogP contribution in [0.4, 0.5) is 0 Å². The second-order valence-corrected chi connectivity index (χ2v) is 5.12. The summed E-state index contributed by atoms with van der Waals surface area (Å²) >= 11 is 6.05. The number of hydrogen-bond donors (Lipinski definition) is 1. The van der Waals surface area contributed by atoms with Crippen LogP contribution in [0.15, 0.2) is 18.2 Å². The minimum atomic E-state index is -0.556. The van der Waals surface area contributed by atoms with E-state index in [1.54, 1.807) is 13.0 Å². The van der Waals surface area contributed by atoms with Crippen LogP contribution in [0.2, 0.25) is 5.02 Å². The molecule has 0 radical (unpaired) electrons. The monoisotopic (exact) mass is 283 g/mol. The molecular weight excluding hydrogens is 262 g/mol. The molecule has 1 amide bonds. The molecule has 0 aliphatic rings. The van der Waals surface area contributed by atoms with Crippen molar-refractivity contribution in [2.24, 2.45) is 0 Å². The summed E-state index contributed by atoms with van der Waals surface area (Å²) in [6, 6.07) is 5.72. The fourth-order valence-corrected chi connectivity index (χ4v) is 1.92. The molecule has 0 saturated carbocycles. The molecule has 1 rings (SSSR count). The molecule has 1 aromatic rings. The Morgan fingerprint density at radius 2 is 2.00 bits per heavy atom. The molecule has 0 spiro atoms. The second-order valence-electron chi connectivity index (χ2n) is 4.72. The lowest BCUT2D eigenvalue weighted by molar-refractivity contribution is -0.128. The average Bonchev–Trinajstić information content (AvgIpc) is 2.39. The zero-order valence-corrected chi connectivity index (χ0v) is 12.8. The zero-order chi connectivity index (χ0) is 14.4. The van der Waals surface area contributed by atoms with Gasteiger partial charge in [-0.2, -0.15) is 0 Å². The van der Waals surface area contributed by atoms with Crippen LogP contribution in [0.3, 0.4) is 0 Å². The standard InChI is InChI=1S/C15H22ClNO2/c1-5-12(6-2)17-15(18)11(4)19-14-9-10(3)7-8-13(14)16/h7-9,11-12H,5-6H2,1-4H3,(H,17,18). The highest BCUT2D eigenvalue weighted by molar-refractivity contribution is 6.32. The van der Waals surface area contributed by atoms with Crippen molar-refractivity contribution in [3.63, 3.8) is 0 Å². The van der Waals surface area contributed by atoms with Gasteiger partial charge >= 0.3 is 0 Å². The number of ether oxygens (including phenoxy) is 1. The first kappa shape index (κ1) is 15.8.